The van der Waals surface area contributed by atoms with E-state index in [4.69, 9.17) is 0 Å². The SMILES string of the molecule is COC(=O)NS(=O)(=O)N(CCBr)Cc1ccccc1. The molecule has 0 fully saturated rings. The van der Waals surface area contributed by atoms with Crippen LogP contribution in [0.15, 0.2) is 30.3 Å². The summed E-state index contributed by atoms with van der Waals surface area (Å²) in [6, 6.07) is 9.12. The molecule has 0 aromatic heterocycles. The smallest absolute Gasteiger partial charge is 0.421 e. The van der Waals surface area contributed by atoms with Crippen LogP contribution in [0.2, 0.25) is 0 Å². The van der Waals surface area contributed by atoms with Crippen molar-refractivity contribution < 1.29 is 17.9 Å². The molecule has 0 radical (unpaired) electrons. The lowest BCUT2D eigenvalue weighted by Gasteiger charge is -2.21. The molecule has 1 N–H and O–H groups in total. The zero-order valence-electron chi connectivity index (χ0n) is 10.4. The Labute approximate surface area is 121 Å². The minimum Gasteiger partial charge on any atom is -0.452 e. The molecule has 0 saturated heterocycles. The van der Waals surface area contributed by atoms with E-state index in [9.17, 15) is 13.2 Å². The number of halogens is 1. The van der Waals surface area contributed by atoms with E-state index < -0.39 is 16.3 Å². The van der Waals surface area contributed by atoms with Gasteiger partial charge in [-0.15, -0.1) is 0 Å². The Bertz CT molecular complexity index is 507. The van der Waals surface area contributed by atoms with Crippen molar-refractivity contribution in [1.82, 2.24) is 9.03 Å². The van der Waals surface area contributed by atoms with Crippen molar-refractivity contribution in [1.29, 1.82) is 0 Å². The van der Waals surface area contributed by atoms with Gasteiger partial charge in [-0.3, -0.25) is 0 Å². The summed E-state index contributed by atoms with van der Waals surface area (Å²) in [5.74, 6) is 0. The molecule has 1 amide bonds. The van der Waals surface area contributed by atoms with Crippen molar-refractivity contribution in [2.75, 3.05) is 19.0 Å². The monoisotopic (exact) mass is 350 g/mol. The van der Waals surface area contributed by atoms with Crippen LogP contribution in [0.25, 0.3) is 0 Å². The first-order valence-electron chi connectivity index (χ1n) is 5.45. The van der Waals surface area contributed by atoms with Crippen LogP contribution in [0, 0.1) is 0 Å². The highest BCUT2D eigenvalue weighted by molar-refractivity contribution is 9.09. The minimum atomic E-state index is -3.92. The third-order valence-corrected chi connectivity index (χ3v) is 4.04. The van der Waals surface area contributed by atoms with E-state index in [1.807, 2.05) is 35.1 Å². The van der Waals surface area contributed by atoms with Gasteiger partial charge in [-0.2, -0.15) is 12.7 Å². The Hall–Kier alpha value is -1.12. The highest BCUT2D eigenvalue weighted by Gasteiger charge is 2.24. The number of ether oxygens (including phenoxy) is 1. The van der Waals surface area contributed by atoms with Crippen LogP contribution in [0.3, 0.4) is 0 Å². The number of amides is 1. The van der Waals surface area contributed by atoms with Crippen LogP contribution in [-0.2, 0) is 21.5 Å². The molecule has 1 rings (SSSR count). The van der Waals surface area contributed by atoms with Gasteiger partial charge in [0, 0.05) is 18.4 Å². The Morgan fingerprint density at radius 3 is 2.53 bits per heavy atom. The summed E-state index contributed by atoms with van der Waals surface area (Å²) in [5.41, 5.74) is 0.832. The Morgan fingerprint density at radius 2 is 2.00 bits per heavy atom. The highest BCUT2D eigenvalue weighted by Crippen LogP contribution is 2.08. The van der Waals surface area contributed by atoms with Gasteiger partial charge in [-0.05, 0) is 5.56 Å². The molecule has 0 bridgehead atoms. The zero-order chi connectivity index (χ0) is 14.3. The van der Waals surface area contributed by atoms with E-state index in [0.717, 1.165) is 17.0 Å². The number of hydrogen-bond acceptors (Lipinski definition) is 4. The standard InChI is InChI=1S/C11H15BrN2O4S/c1-18-11(15)13-19(16,17)14(8-7-12)9-10-5-3-2-4-6-10/h2-6H,7-9H2,1H3,(H,13,15). The van der Waals surface area contributed by atoms with Gasteiger partial charge in [0.15, 0.2) is 0 Å². The Morgan fingerprint density at radius 1 is 1.37 bits per heavy atom. The van der Waals surface area contributed by atoms with E-state index in [1.54, 1.807) is 0 Å². The number of hydrogen-bond donors (Lipinski definition) is 1. The van der Waals surface area contributed by atoms with Crippen LogP contribution in [0.1, 0.15) is 5.56 Å². The highest BCUT2D eigenvalue weighted by atomic mass is 79.9. The number of alkyl halides is 1. The zero-order valence-corrected chi connectivity index (χ0v) is 12.8. The summed E-state index contributed by atoms with van der Waals surface area (Å²) in [6.07, 6.45) is -1.01. The van der Waals surface area contributed by atoms with Crippen molar-refractivity contribution in [3.05, 3.63) is 35.9 Å². The maximum atomic E-state index is 12.0. The Balaban J connectivity index is 2.85. The fraction of sp³-hybridized carbons (Fsp3) is 0.364. The first-order valence-corrected chi connectivity index (χ1v) is 8.01. The molecule has 0 spiro atoms. The molecule has 0 heterocycles. The molecule has 1 aromatic carbocycles. The van der Waals surface area contributed by atoms with Crippen LogP contribution >= 0.6 is 15.9 Å². The van der Waals surface area contributed by atoms with E-state index in [1.165, 1.54) is 0 Å². The van der Waals surface area contributed by atoms with Gasteiger partial charge in [-0.25, -0.2) is 9.52 Å². The lowest BCUT2D eigenvalue weighted by atomic mass is 10.2. The summed E-state index contributed by atoms with van der Waals surface area (Å²) in [7, 11) is -2.81. The minimum absolute atomic E-state index is 0.179. The van der Waals surface area contributed by atoms with Crippen molar-refractivity contribution >= 4 is 32.2 Å². The number of nitrogens with zero attached hydrogens (tertiary/aromatic N) is 1. The van der Waals surface area contributed by atoms with Gasteiger partial charge in [0.05, 0.1) is 7.11 Å². The summed E-state index contributed by atoms with van der Waals surface area (Å²) in [6.45, 7) is 0.417. The molecule has 0 aliphatic heterocycles. The summed E-state index contributed by atoms with van der Waals surface area (Å²) in [5, 5.41) is 0.460. The number of carbonyl (C=O) groups is 1. The molecule has 106 valence electrons. The number of nitrogens with one attached hydrogen (secondary N) is 1. The molecule has 19 heavy (non-hydrogen) atoms. The predicted molar refractivity (Wildman–Crippen MR) is 75.1 cm³/mol. The fourth-order valence-corrected chi connectivity index (χ4v) is 3.11. The van der Waals surface area contributed by atoms with Gasteiger partial charge < -0.3 is 4.74 Å². The number of carbonyl (C=O) groups excluding carboxylic acids is 1. The summed E-state index contributed by atoms with van der Waals surface area (Å²) < 4.78 is 31.3. The van der Waals surface area contributed by atoms with Crippen molar-refractivity contribution in [2.45, 2.75) is 6.54 Å². The lowest BCUT2D eigenvalue weighted by Crippen LogP contribution is -2.43. The van der Waals surface area contributed by atoms with Gasteiger partial charge in [-0.1, -0.05) is 46.3 Å². The van der Waals surface area contributed by atoms with E-state index in [-0.39, 0.29) is 13.1 Å². The third-order valence-electron chi connectivity index (χ3n) is 2.27. The summed E-state index contributed by atoms with van der Waals surface area (Å²) >= 11 is 3.19. The normalized spacial score (nSPS) is 11.3. The second-order valence-electron chi connectivity index (χ2n) is 3.61. The molecule has 6 nitrogen and oxygen atoms in total. The van der Waals surface area contributed by atoms with Crippen LogP contribution < -0.4 is 4.72 Å². The molecule has 0 atom stereocenters. The van der Waals surface area contributed by atoms with Crippen LogP contribution in [0.4, 0.5) is 4.79 Å². The maximum Gasteiger partial charge on any atom is 0.421 e. The van der Waals surface area contributed by atoms with Crippen molar-refractivity contribution in [2.24, 2.45) is 0 Å². The quantitative estimate of drug-likeness (QED) is 0.788. The molecule has 0 unspecified atom stereocenters. The van der Waals surface area contributed by atoms with E-state index in [0.29, 0.717) is 5.33 Å². The maximum absolute atomic E-state index is 12.0. The van der Waals surface area contributed by atoms with Crippen molar-refractivity contribution in [3.8, 4) is 0 Å². The average Bonchev–Trinajstić information content (AvgIpc) is 2.39. The summed E-state index contributed by atoms with van der Waals surface area (Å²) in [4.78, 5) is 11.0. The topological polar surface area (TPSA) is 75.7 Å². The number of methoxy groups -OCH3 is 1. The van der Waals surface area contributed by atoms with Crippen LogP contribution in [0.5, 0.6) is 0 Å². The first-order chi connectivity index (χ1) is 8.99. The fourth-order valence-electron chi connectivity index (χ4n) is 1.38. The van der Waals surface area contributed by atoms with Crippen LogP contribution in [-0.4, -0.2) is 37.8 Å². The van der Waals surface area contributed by atoms with E-state index in [2.05, 4.69) is 20.7 Å². The second kappa shape index (κ2) is 7.46. The molecule has 0 aliphatic rings. The van der Waals surface area contributed by atoms with Gasteiger partial charge in [0.2, 0.25) is 0 Å². The van der Waals surface area contributed by atoms with Gasteiger partial charge >= 0.3 is 16.3 Å². The lowest BCUT2D eigenvalue weighted by molar-refractivity contribution is 0.177. The molecule has 8 heteroatoms. The van der Waals surface area contributed by atoms with Gasteiger partial charge in [0.1, 0.15) is 0 Å². The number of benzene rings is 1. The first kappa shape index (κ1) is 15.9. The molecular weight excluding hydrogens is 336 g/mol. The molecule has 1 aromatic rings. The van der Waals surface area contributed by atoms with E-state index >= 15 is 0 Å². The largest absolute Gasteiger partial charge is 0.452 e. The predicted octanol–water partition coefficient (Wildman–Crippen LogP) is 1.48. The van der Waals surface area contributed by atoms with Gasteiger partial charge in [0.25, 0.3) is 0 Å². The van der Waals surface area contributed by atoms with Crippen molar-refractivity contribution in [3.63, 3.8) is 0 Å². The average molecular weight is 351 g/mol. The Kier molecular flexibility index (Phi) is 6.26. The third kappa shape index (κ3) is 5.17. The number of rotatable bonds is 6. The molecular formula is C11H15BrN2O4S. The molecule has 0 saturated carbocycles. The second-order valence-corrected chi connectivity index (χ2v) is 6.07. The molecule has 0 aliphatic carbocycles.